The maximum atomic E-state index is 4.23. The van der Waals surface area contributed by atoms with Crippen molar-refractivity contribution in [1.82, 2.24) is 0 Å². The van der Waals surface area contributed by atoms with Crippen molar-refractivity contribution in [2.75, 3.05) is 5.32 Å². The van der Waals surface area contributed by atoms with Gasteiger partial charge in [-0.2, -0.15) is 0 Å². The van der Waals surface area contributed by atoms with E-state index in [0.29, 0.717) is 0 Å². The fourth-order valence-corrected chi connectivity index (χ4v) is 4.37. The predicted octanol–water partition coefficient (Wildman–Crippen LogP) is 6.93. The monoisotopic (exact) mass is 359 g/mol. The zero-order valence-corrected chi connectivity index (χ0v) is 16.6. The third kappa shape index (κ3) is 5.73. The van der Waals surface area contributed by atoms with Gasteiger partial charge in [0.1, 0.15) is 0 Å². The van der Waals surface area contributed by atoms with Gasteiger partial charge in [-0.3, -0.25) is 0 Å². The molecule has 1 N–H and O–H groups in total. The van der Waals surface area contributed by atoms with Crippen LogP contribution in [-0.2, 0) is 19.3 Å². The molecule has 0 heterocycles. The number of allylic oxidation sites excluding steroid dienone is 1. The molecule has 1 heteroatoms. The third-order valence-electron chi connectivity index (χ3n) is 6.25. The van der Waals surface area contributed by atoms with E-state index in [-0.39, 0.29) is 0 Å². The Labute approximate surface area is 164 Å². The van der Waals surface area contributed by atoms with E-state index in [1.807, 2.05) is 0 Å². The topological polar surface area (TPSA) is 12.0 Å². The molecule has 0 aliphatic heterocycles. The normalized spacial score (nSPS) is 17.2. The van der Waals surface area contributed by atoms with Crippen LogP contribution in [0.15, 0.2) is 60.8 Å². The number of benzene rings is 2. The molecule has 2 aliphatic carbocycles. The van der Waals surface area contributed by atoms with Crippen molar-refractivity contribution in [2.45, 2.75) is 64.2 Å². The molecule has 4 rings (SSSR count). The summed E-state index contributed by atoms with van der Waals surface area (Å²) in [6.07, 6.45) is 13.3. The molecule has 27 heavy (non-hydrogen) atoms. The first-order valence-corrected chi connectivity index (χ1v) is 10.9. The first-order chi connectivity index (χ1) is 13.2. The van der Waals surface area contributed by atoms with E-state index >= 15 is 0 Å². The smallest absolute Gasteiger partial charge is 0.0381 e. The second-order valence-corrected chi connectivity index (χ2v) is 8.76. The van der Waals surface area contributed by atoms with Crippen molar-refractivity contribution < 1.29 is 0 Å². The number of aryl methyl sites for hydroxylation is 1. The summed E-state index contributed by atoms with van der Waals surface area (Å²) in [7, 11) is 0. The van der Waals surface area contributed by atoms with Gasteiger partial charge >= 0.3 is 0 Å². The molecule has 0 unspecified atom stereocenters. The minimum atomic E-state index is 0.882. The maximum Gasteiger partial charge on any atom is 0.0381 e. The summed E-state index contributed by atoms with van der Waals surface area (Å²) < 4.78 is 0. The van der Waals surface area contributed by atoms with Crippen LogP contribution in [0.2, 0.25) is 0 Å². The lowest BCUT2D eigenvalue weighted by Crippen LogP contribution is -2.02. The van der Waals surface area contributed by atoms with Crippen LogP contribution in [0.3, 0.4) is 0 Å². The lowest BCUT2D eigenvalue weighted by atomic mass is 9.98. The summed E-state index contributed by atoms with van der Waals surface area (Å²) in [6, 6.07) is 18.1. The molecule has 0 radical (unpaired) electrons. The standard InChI is InChI=1S/C26H33N/c1-20(18-23-8-10-24(11-9-23)19-25-12-13-25)27-26-16-14-22(15-17-26)7-6-21-4-2-3-5-21/h8-11,14-17,21,25,27H,1-7,12-13,18-19H2. The predicted molar refractivity (Wildman–Crippen MR) is 116 cm³/mol. The minimum Gasteiger partial charge on any atom is -0.359 e. The fourth-order valence-electron chi connectivity index (χ4n) is 4.37. The number of rotatable bonds is 9. The largest absolute Gasteiger partial charge is 0.359 e. The van der Waals surface area contributed by atoms with E-state index < -0.39 is 0 Å². The van der Waals surface area contributed by atoms with Crippen molar-refractivity contribution in [1.29, 1.82) is 0 Å². The molecule has 0 spiro atoms. The molecule has 0 saturated heterocycles. The highest BCUT2D eigenvalue weighted by Gasteiger charge is 2.21. The van der Waals surface area contributed by atoms with E-state index in [4.69, 9.17) is 0 Å². The van der Waals surface area contributed by atoms with Gasteiger partial charge < -0.3 is 5.32 Å². The van der Waals surface area contributed by atoms with Gasteiger partial charge in [0.2, 0.25) is 0 Å². The Hall–Kier alpha value is -2.02. The van der Waals surface area contributed by atoms with Crippen molar-refractivity contribution in [2.24, 2.45) is 11.8 Å². The van der Waals surface area contributed by atoms with Crippen LogP contribution in [0.4, 0.5) is 5.69 Å². The van der Waals surface area contributed by atoms with Crippen molar-refractivity contribution in [3.05, 3.63) is 77.5 Å². The van der Waals surface area contributed by atoms with E-state index in [9.17, 15) is 0 Å². The molecule has 2 aliphatic rings. The van der Waals surface area contributed by atoms with E-state index in [0.717, 1.165) is 29.6 Å². The SMILES string of the molecule is C=C(Cc1ccc(CC2CC2)cc1)Nc1ccc(CCC2CCCC2)cc1. The fraction of sp³-hybridized carbons (Fsp3) is 0.462. The molecule has 0 aromatic heterocycles. The molecule has 2 fully saturated rings. The quantitative estimate of drug-likeness (QED) is 0.512. The third-order valence-corrected chi connectivity index (χ3v) is 6.25. The van der Waals surface area contributed by atoms with Crippen LogP contribution in [0.5, 0.6) is 0 Å². The van der Waals surface area contributed by atoms with E-state index in [1.165, 1.54) is 74.5 Å². The van der Waals surface area contributed by atoms with Crippen LogP contribution >= 0.6 is 0 Å². The van der Waals surface area contributed by atoms with Gasteiger partial charge in [-0.15, -0.1) is 0 Å². The number of hydrogen-bond acceptors (Lipinski definition) is 1. The summed E-state index contributed by atoms with van der Waals surface area (Å²) in [6.45, 7) is 4.23. The van der Waals surface area contributed by atoms with Crippen molar-refractivity contribution in [3.8, 4) is 0 Å². The zero-order valence-electron chi connectivity index (χ0n) is 16.6. The Morgan fingerprint density at radius 1 is 0.778 bits per heavy atom. The van der Waals surface area contributed by atoms with Gasteiger partial charge in [0, 0.05) is 17.8 Å². The number of nitrogens with one attached hydrogen (secondary N) is 1. The summed E-state index contributed by atoms with van der Waals surface area (Å²) in [5.41, 5.74) is 6.48. The first kappa shape index (κ1) is 18.3. The Kier molecular flexibility index (Phi) is 5.97. The molecular formula is C26H33N. The number of hydrogen-bond donors (Lipinski definition) is 1. The maximum absolute atomic E-state index is 4.23. The van der Waals surface area contributed by atoms with Crippen LogP contribution < -0.4 is 5.32 Å². The Balaban J connectivity index is 1.23. The van der Waals surface area contributed by atoms with Crippen molar-refractivity contribution >= 4 is 5.69 Å². The lowest BCUT2D eigenvalue weighted by Gasteiger charge is -2.12. The summed E-state index contributed by atoms with van der Waals surface area (Å²) in [4.78, 5) is 0. The highest BCUT2D eigenvalue weighted by Crippen LogP contribution is 2.32. The summed E-state index contributed by atoms with van der Waals surface area (Å²) in [5, 5.41) is 3.48. The number of anilines is 1. The van der Waals surface area contributed by atoms with Crippen LogP contribution in [0.25, 0.3) is 0 Å². The lowest BCUT2D eigenvalue weighted by molar-refractivity contribution is 0.504. The average Bonchev–Trinajstić information content (AvgIpc) is 3.33. The molecular weight excluding hydrogens is 326 g/mol. The van der Waals surface area contributed by atoms with Gasteiger partial charge in [0.15, 0.2) is 0 Å². The average molecular weight is 360 g/mol. The second-order valence-electron chi connectivity index (χ2n) is 8.76. The molecule has 0 bridgehead atoms. The molecule has 0 amide bonds. The van der Waals surface area contributed by atoms with Gasteiger partial charge in [-0.1, -0.05) is 68.7 Å². The summed E-state index contributed by atoms with van der Waals surface area (Å²) >= 11 is 0. The van der Waals surface area contributed by atoms with Gasteiger partial charge in [0.25, 0.3) is 0 Å². The molecule has 2 aromatic rings. The Bertz CT molecular complexity index is 731. The molecule has 2 aromatic carbocycles. The highest BCUT2D eigenvalue weighted by atomic mass is 14.9. The Morgan fingerprint density at radius 2 is 1.41 bits per heavy atom. The van der Waals surface area contributed by atoms with Crippen molar-refractivity contribution in [3.63, 3.8) is 0 Å². The Morgan fingerprint density at radius 3 is 2.07 bits per heavy atom. The second kappa shape index (κ2) is 8.78. The molecule has 2 saturated carbocycles. The highest BCUT2D eigenvalue weighted by molar-refractivity contribution is 5.49. The van der Waals surface area contributed by atoms with Gasteiger partial charge in [0.05, 0.1) is 0 Å². The minimum absolute atomic E-state index is 0.882. The molecule has 142 valence electrons. The first-order valence-electron chi connectivity index (χ1n) is 10.9. The molecule has 0 atom stereocenters. The summed E-state index contributed by atoms with van der Waals surface area (Å²) in [5.74, 6) is 1.92. The van der Waals surface area contributed by atoms with E-state index in [1.54, 1.807) is 0 Å². The van der Waals surface area contributed by atoms with E-state index in [2.05, 4.69) is 60.4 Å². The zero-order chi connectivity index (χ0) is 18.5. The molecule has 1 nitrogen and oxygen atoms in total. The van der Waals surface area contributed by atoms with Crippen LogP contribution in [-0.4, -0.2) is 0 Å². The van der Waals surface area contributed by atoms with Crippen LogP contribution in [0, 0.1) is 11.8 Å². The van der Waals surface area contributed by atoms with Gasteiger partial charge in [-0.25, -0.2) is 0 Å². The van der Waals surface area contributed by atoms with Gasteiger partial charge in [-0.05, 0) is 72.8 Å². The van der Waals surface area contributed by atoms with Crippen LogP contribution in [0.1, 0.15) is 61.6 Å².